The molecule has 0 saturated carbocycles. The highest BCUT2D eigenvalue weighted by molar-refractivity contribution is 5.52. The SMILES string of the molecule is CCN(Cc1cnn(C)c1)c1[nH]c(=O)n(C)c(=O)c1C#N. The Morgan fingerprint density at radius 1 is 1.43 bits per heavy atom. The number of hydrogen-bond acceptors (Lipinski definition) is 5. The summed E-state index contributed by atoms with van der Waals surface area (Å²) in [6.45, 7) is 2.86. The van der Waals surface area contributed by atoms with Gasteiger partial charge in [0.1, 0.15) is 11.9 Å². The standard InChI is InChI=1S/C13H16N6O2/c1-4-19(8-9-6-15-17(2)7-9)11-10(5-14)12(20)18(3)13(21)16-11/h6-7H,4,8H2,1-3H3,(H,16,21). The Morgan fingerprint density at radius 3 is 2.67 bits per heavy atom. The predicted molar refractivity (Wildman–Crippen MR) is 77.0 cm³/mol. The van der Waals surface area contributed by atoms with E-state index in [1.807, 2.05) is 19.2 Å². The highest BCUT2D eigenvalue weighted by atomic mass is 16.2. The Morgan fingerprint density at radius 2 is 2.14 bits per heavy atom. The summed E-state index contributed by atoms with van der Waals surface area (Å²) >= 11 is 0. The highest BCUT2D eigenvalue weighted by Gasteiger charge is 2.17. The molecule has 0 spiro atoms. The lowest BCUT2D eigenvalue weighted by molar-refractivity contribution is 0.737. The zero-order valence-electron chi connectivity index (χ0n) is 12.1. The minimum Gasteiger partial charge on any atom is -0.353 e. The fourth-order valence-corrected chi connectivity index (χ4v) is 2.07. The first-order chi connectivity index (χ1) is 9.97. The molecule has 0 aliphatic heterocycles. The van der Waals surface area contributed by atoms with Gasteiger partial charge in [-0.05, 0) is 6.92 Å². The minimum absolute atomic E-state index is 0.0668. The van der Waals surface area contributed by atoms with Crippen molar-refractivity contribution in [2.24, 2.45) is 14.1 Å². The molecule has 2 rings (SSSR count). The molecule has 0 aromatic carbocycles. The van der Waals surface area contributed by atoms with Gasteiger partial charge < -0.3 is 4.90 Å². The second-order valence-electron chi connectivity index (χ2n) is 4.67. The lowest BCUT2D eigenvalue weighted by Crippen LogP contribution is -2.38. The maximum absolute atomic E-state index is 12.0. The van der Waals surface area contributed by atoms with Crippen molar-refractivity contribution in [3.63, 3.8) is 0 Å². The number of aromatic nitrogens is 4. The van der Waals surface area contributed by atoms with E-state index in [4.69, 9.17) is 0 Å². The molecule has 1 N–H and O–H groups in total. The van der Waals surface area contributed by atoms with Crippen molar-refractivity contribution in [1.29, 1.82) is 5.26 Å². The van der Waals surface area contributed by atoms with Crippen molar-refractivity contribution in [3.8, 4) is 6.07 Å². The number of aromatic amines is 1. The molecule has 0 amide bonds. The number of nitrogens with one attached hydrogen (secondary N) is 1. The van der Waals surface area contributed by atoms with Gasteiger partial charge in [0.25, 0.3) is 5.56 Å². The molecule has 0 aliphatic rings. The molecule has 0 atom stereocenters. The Bertz CT molecular complexity index is 807. The molecule has 21 heavy (non-hydrogen) atoms. The summed E-state index contributed by atoms with van der Waals surface area (Å²) < 4.78 is 2.56. The van der Waals surface area contributed by atoms with Crippen LogP contribution >= 0.6 is 0 Å². The zero-order chi connectivity index (χ0) is 15.6. The van der Waals surface area contributed by atoms with Crippen molar-refractivity contribution >= 4 is 5.82 Å². The average molecular weight is 288 g/mol. The molecular formula is C13H16N6O2. The van der Waals surface area contributed by atoms with Crippen LogP contribution in [0.1, 0.15) is 18.1 Å². The van der Waals surface area contributed by atoms with Crippen LogP contribution in [0.15, 0.2) is 22.0 Å². The van der Waals surface area contributed by atoms with Gasteiger partial charge in [-0.25, -0.2) is 4.79 Å². The van der Waals surface area contributed by atoms with Crippen LogP contribution in [-0.4, -0.2) is 25.9 Å². The quantitative estimate of drug-likeness (QED) is 0.833. The van der Waals surface area contributed by atoms with Gasteiger partial charge in [-0.2, -0.15) is 10.4 Å². The smallest absolute Gasteiger partial charge is 0.329 e. The summed E-state index contributed by atoms with van der Waals surface area (Å²) in [5.41, 5.74) is -0.285. The van der Waals surface area contributed by atoms with Crippen LogP contribution in [-0.2, 0) is 20.6 Å². The average Bonchev–Trinajstić information content (AvgIpc) is 2.87. The third-order valence-electron chi connectivity index (χ3n) is 3.23. The molecular weight excluding hydrogens is 272 g/mol. The van der Waals surface area contributed by atoms with Crippen molar-refractivity contribution in [2.45, 2.75) is 13.5 Å². The first-order valence-electron chi connectivity index (χ1n) is 6.43. The van der Waals surface area contributed by atoms with Crippen molar-refractivity contribution in [3.05, 3.63) is 44.4 Å². The van der Waals surface area contributed by atoms with Gasteiger partial charge in [0.2, 0.25) is 0 Å². The van der Waals surface area contributed by atoms with Crippen LogP contribution in [0.5, 0.6) is 0 Å². The van der Waals surface area contributed by atoms with E-state index in [1.54, 1.807) is 22.8 Å². The Kier molecular flexibility index (Phi) is 3.93. The molecule has 8 heteroatoms. The van der Waals surface area contributed by atoms with Crippen molar-refractivity contribution in [1.82, 2.24) is 19.3 Å². The van der Waals surface area contributed by atoms with Crippen LogP contribution in [0, 0.1) is 11.3 Å². The van der Waals surface area contributed by atoms with E-state index < -0.39 is 11.2 Å². The number of aryl methyl sites for hydroxylation is 1. The molecule has 0 saturated heterocycles. The van der Waals surface area contributed by atoms with E-state index in [1.165, 1.54) is 7.05 Å². The Labute approximate surface area is 120 Å². The molecule has 2 heterocycles. The van der Waals surface area contributed by atoms with Gasteiger partial charge in [-0.1, -0.05) is 0 Å². The molecule has 0 aliphatic carbocycles. The van der Waals surface area contributed by atoms with Crippen molar-refractivity contribution < 1.29 is 0 Å². The summed E-state index contributed by atoms with van der Waals surface area (Å²) in [5.74, 6) is 0.247. The van der Waals surface area contributed by atoms with Gasteiger partial charge in [0.15, 0.2) is 5.56 Å². The molecule has 0 fully saturated rings. The van der Waals surface area contributed by atoms with Gasteiger partial charge in [0, 0.05) is 38.9 Å². The van der Waals surface area contributed by atoms with E-state index in [-0.39, 0.29) is 11.4 Å². The normalized spacial score (nSPS) is 10.4. The van der Waals surface area contributed by atoms with E-state index in [0.29, 0.717) is 13.1 Å². The fraction of sp³-hybridized carbons (Fsp3) is 0.385. The molecule has 8 nitrogen and oxygen atoms in total. The molecule has 0 bridgehead atoms. The first-order valence-corrected chi connectivity index (χ1v) is 6.43. The van der Waals surface area contributed by atoms with E-state index in [2.05, 4.69) is 10.1 Å². The summed E-state index contributed by atoms with van der Waals surface area (Å²) in [6.07, 6.45) is 3.54. The molecule has 0 radical (unpaired) electrons. The second-order valence-corrected chi connectivity index (χ2v) is 4.67. The van der Waals surface area contributed by atoms with E-state index >= 15 is 0 Å². The topological polar surface area (TPSA) is 99.7 Å². The summed E-state index contributed by atoms with van der Waals surface area (Å²) in [6, 6.07) is 1.87. The number of hydrogen-bond donors (Lipinski definition) is 1. The second kappa shape index (κ2) is 5.66. The number of rotatable bonds is 4. The maximum atomic E-state index is 12.0. The van der Waals surface area contributed by atoms with Crippen LogP contribution < -0.4 is 16.1 Å². The van der Waals surface area contributed by atoms with Gasteiger partial charge >= 0.3 is 5.69 Å². The number of anilines is 1. The van der Waals surface area contributed by atoms with Gasteiger partial charge in [-0.15, -0.1) is 0 Å². The summed E-state index contributed by atoms with van der Waals surface area (Å²) in [7, 11) is 3.14. The van der Waals surface area contributed by atoms with E-state index in [0.717, 1.165) is 10.1 Å². The zero-order valence-corrected chi connectivity index (χ0v) is 12.1. The largest absolute Gasteiger partial charge is 0.353 e. The number of nitriles is 1. The number of nitrogens with zero attached hydrogens (tertiary/aromatic N) is 5. The lowest BCUT2D eigenvalue weighted by atomic mass is 10.2. The first kappa shape index (κ1) is 14.6. The van der Waals surface area contributed by atoms with Crippen LogP contribution in [0.4, 0.5) is 5.82 Å². The van der Waals surface area contributed by atoms with Crippen LogP contribution in [0.2, 0.25) is 0 Å². The van der Waals surface area contributed by atoms with Gasteiger partial charge in [-0.3, -0.25) is 19.0 Å². The van der Waals surface area contributed by atoms with E-state index in [9.17, 15) is 14.9 Å². The third kappa shape index (κ3) is 2.72. The predicted octanol–water partition coefficient (Wildman–Crippen LogP) is -0.295. The molecule has 2 aromatic rings. The monoisotopic (exact) mass is 288 g/mol. The highest BCUT2D eigenvalue weighted by Crippen LogP contribution is 2.15. The minimum atomic E-state index is -0.596. The summed E-state index contributed by atoms with van der Waals surface area (Å²) in [5, 5.41) is 13.3. The van der Waals surface area contributed by atoms with Crippen LogP contribution in [0.25, 0.3) is 0 Å². The summed E-state index contributed by atoms with van der Waals surface area (Å²) in [4.78, 5) is 28.1. The van der Waals surface area contributed by atoms with Crippen molar-refractivity contribution in [2.75, 3.05) is 11.4 Å². The maximum Gasteiger partial charge on any atom is 0.329 e. The third-order valence-corrected chi connectivity index (χ3v) is 3.23. The molecule has 0 unspecified atom stereocenters. The van der Waals surface area contributed by atoms with Crippen LogP contribution in [0.3, 0.4) is 0 Å². The fourth-order valence-electron chi connectivity index (χ4n) is 2.07. The molecule has 110 valence electrons. The Hall–Kier alpha value is -2.82. The van der Waals surface area contributed by atoms with Gasteiger partial charge in [0.05, 0.1) is 6.20 Å². The number of H-pyrrole nitrogens is 1. The lowest BCUT2D eigenvalue weighted by Gasteiger charge is -2.22. The Balaban J connectivity index is 2.50. The molecule has 2 aromatic heterocycles.